The molecular weight excluding hydrogens is 337 g/mol. The predicted octanol–water partition coefficient (Wildman–Crippen LogP) is 6.33. The van der Waals surface area contributed by atoms with Gasteiger partial charge in [-0.05, 0) is 12.1 Å². The molecule has 0 fully saturated rings. The van der Waals surface area contributed by atoms with Crippen LogP contribution in [0.4, 0.5) is 0 Å². The maximum Gasteiger partial charge on any atom is 0.136 e. The fourth-order valence-corrected chi connectivity index (χ4v) is 2.77. The molecule has 0 amide bonds. The van der Waals surface area contributed by atoms with Crippen LogP contribution in [0.2, 0.25) is 25.1 Å². The molecule has 1 nitrogen and oxygen atoms in total. The lowest BCUT2D eigenvalue weighted by Crippen LogP contribution is -1.86. The summed E-state index contributed by atoms with van der Waals surface area (Å²) in [7, 11) is 0. The highest BCUT2D eigenvalue weighted by molar-refractivity contribution is 6.47. The first-order valence-electron chi connectivity index (χ1n) is 4.73. The van der Waals surface area contributed by atoms with Crippen molar-refractivity contribution in [2.75, 3.05) is 0 Å². The van der Waals surface area contributed by atoms with E-state index in [0.29, 0.717) is 21.2 Å². The fraction of sp³-hybridized carbons (Fsp3) is 0. The molecule has 0 heterocycles. The number of benzene rings is 2. The molecule has 0 radical (unpaired) electrons. The molecule has 6 heteroatoms. The zero-order chi connectivity index (χ0) is 13.4. The third kappa shape index (κ3) is 2.52. The van der Waals surface area contributed by atoms with Crippen LogP contribution >= 0.6 is 58.0 Å². The van der Waals surface area contributed by atoms with Crippen molar-refractivity contribution in [3.63, 3.8) is 0 Å². The van der Waals surface area contributed by atoms with E-state index in [4.69, 9.17) is 58.0 Å². The van der Waals surface area contributed by atoms with E-state index in [-0.39, 0.29) is 20.8 Å². The molecule has 0 aliphatic heterocycles. The quantitative estimate of drug-likeness (QED) is 0.601. The minimum absolute atomic E-state index is 0.0913. The van der Waals surface area contributed by atoms with Gasteiger partial charge in [0.2, 0.25) is 0 Å². The smallest absolute Gasteiger partial charge is 0.136 e. The second-order valence-corrected chi connectivity index (χ2v) is 5.51. The molecule has 0 saturated heterocycles. The summed E-state index contributed by atoms with van der Waals surface area (Å²) in [5, 5.41) is 11.0. The number of phenolic OH excluding ortho intramolecular Hbond substituents is 1. The number of hydrogen-bond acceptors (Lipinski definition) is 1. The zero-order valence-corrected chi connectivity index (χ0v) is 12.4. The Labute approximate surface area is 129 Å². The topological polar surface area (TPSA) is 20.2 Å². The van der Waals surface area contributed by atoms with Crippen molar-refractivity contribution in [1.82, 2.24) is 0 Å². The Hall–Kier alpha value is -0.310. The highest BCUT2D eigenvalue weighted by Gasteiger charge is 2.18. The lowest BCUT2D eigenvalue weighted by Gasteiger charge is -2.12. The van der Waals surface area contributed by atoms with Gasteiger partial charge in [0.1, 0.15) is 5.75 Å². The molecule has 2 rings (SSSR count). The highest BCUT2D eigenvalue weighted by atomic mass is 35.5. The minimum atomic E-state index is -0.160. The van der Waals surface area contributed by atoms with Crippen LogP contribution in [0.15, 0.2) is 24.3 Å². The Morgan fingerprint density at radius 3 is 2.06 bits per heavy atom. The van der Waals surface area contributed by atoms with Crippen molar-refractivity contribution in [3.8, 4) is 16.9 Å². The Bertz CT molecular complexity index is 598. The Balaban J connectivity index is 2.78. The van der Waals surface area contributed by atoms with Crippen LogP contribution < -0.4 is 0 Å². The normalized spacial score (nSPS) is 10.7. The van der Waals surface area contributed by atoms with E-state index < -0.39 is 0 Å². The highest BCUT2D eigenvalue weighted by Crippen LogP contribution is 2.46. The van der Waals surface area contributed by atoms with Crippen LogP contribution in [-0.4, -0.2) is 5.11 Å². The largest absolute Gasteiger partial charge is 0.506 e. The summed E-state index contributed by atoms with van der Waals surface area (Å²) in [6.07, 6.45) is 0. The van der Waals surface area contributed by atoms with Gasteiger partial charge in [-0.15, -0.1) is 0 Å². The van der Waals surface area contributed by atoms with Crippen LogP contribution in [-0.2, 0) is 0 Å². The number of hydrogen-bond donors (Lipinski definition) is 1. The van der Waals surface area contributed by atoms with Gasteiger partial charge in [0, 0.05) is 27.2 Å². The van der Waals surface area contributed by atoms with E-state index in [2.05, 4.69) is 0 Å². The summed E-state index contributed by atoms with van der Waals surface area (Å²) in [5.41, 5.74) is 0.930. The van der Waals surface area contributed by atoms with Crippen molar-refractivity contribution in [2.24, 2.45) is 0 Å². The summed E-state index contributed by atoms with van der Waals surface area (Å²) in [4.78, 5) is 0. The Kier molecular flexibility index (Phi) is 4.20. The molecule has 0 atom stereocenters. The summed E-state index contributed by atoms with van der Waals surface area (Å²) in [5.74, 6) is -0.160. The van der Waals surface area contributed by atoms with Crippen molar-refractivity contribution < 1.29 is 5.11 Å². The summed E-state index contributed by atoms with van der Waals surface area (Å²) in [6, 6.07) is 6.14. The van der Waals surface area contributed by atoms with Gasteiger partial charge in [-0.1, -0.05) is 64.1 Å². The molecule has 2 aromatic carbocycles. The summed E-state index contributed by atoms with van der Waals surface area (Å²) in [6.45, 7) is 0. The molecule has 0 saturated carbocycles. The first-order chi connectivity index (χ1) is 8.41. The molecule has 0 aliphatic carbocycles. The number of rotatable bonds is 1. The molecule has 94 valence electrons. The Morgan fingerprint density at radius 1 is 0.778 bits per heavy atom. The van der Waals surface area contributed by atoms with Crippen molar-refractivity contribution >= 4 is 58.0 Å². The third-order valence-corrected chi connectivity index (χ3v) is 4.06. The monoisotopic (exact) mass is 340 g/mol. The van der Waals surface area contributed by atoms with E-state index in [0.717, 1.165) is 0 Å². The zero-order valence-electron chi connectivity index (χ0n) is 8.65. The van der Waals surface area contributed by atoms with Crippen LogP contribution in [0.5, 0.6) is 5.75 Å². The van der Waals surface area contributed by atoms with Crippen LogP contribution in [0.25, 0.3) is 11.1 Å². The van der Waals surface area contributed by atoms with E-state index in [1.54, 1.807) is 18.2 Å². The van der Waals surface area contributed by atoms with Gasteiger partial charge in [-0.3, -0.25) is 0 Å². The van der Waals surface area contributed by atoms with Gasteiger partial charge in [0.05, 0.1) is 15.1 Å². The van der Waals surface area contributed by atoms with E-state index >= 15 is 0 Å². The molecular formula is C12H5Cl5O. The fourth-order valence-electron chi connectivity index (χ4n) is 1.52. The molecule has 2 aromatic rings. The molecule has 0 unspecified atom stereocenters. The van der Waals surface area contributed by atoms with Crippen LogP contribution in [0.3, 0.4) is 0 Å². The van der Waals surface area contributed by atoms with Crippen molar-refractivity contribution in [2.45, 2.75) is 0 Å². The van der Waals surface area contributed by atoms with Crippen molar-refractivity contribution in [1.29, 1.82) is 0 Å². The molecule has 0 aliphatic rings. The van der Waals surface area contributed by atoms with Gasteiger partial charge in [-0.2, -0.15) is 0 Å². The second kappa shape index (κ2) is 5.36. The van der Waals surface area contributed by atoms with Crippen LogP contribution in [0.1, 0.15) is 0 Å². The van der Waals surface area contributed by atoms with Gasteiger partial charge < -0.3 is 5.11 Å². The van der Waals surface area contributed by atoms with Crippen LogP contribution in [0, 0.1) is 0 Å². The van der Waals surface area contributed by atoms with Gasteiger partial charge in [-0.25, -0.2) is 0 Å². The summed E-state index contributed by atoms with van der Waals surface area (Å²) >= 11 is 29.9. The predicted molar refractivity (Wildman–Crippen MR) is 78.6 cm³/mol. The lowest BCUT2D eigenvalue weighted by atomic mass is 10.1. The molecule has 1 N–H and O–H groups in total. The summed E-state index contributed by atoms with van der Waals surface area (Å²) < 4.78 is 0. The minimum Gasteiger partial charge on any atom is -0.506 e. The number of aromatic hydroxyl groups is 1. The second-order valence-electron chi connectivity index (χ2n) is 3.50. The number of phenols is 1. The van der Waals surface area contributed by atoms with E-state index in [1.807, 2.05) is 0 Å². The first kappa shape index (κ1) is 14.1. The van der Waals surface area contributed by atoms with Gasteiger partial charge in [0.15, 0.2) is 0 Å². The Morgan fingerprint density at radius 2 is 1.44 bits per heavy atom. The molecule has 0 aromatic heterocycles. The maximum absolute atomic E-state index is 9.67. The van der Waals surface area contributed by atoms with E-state index in [1.165, 1.54) is 6.07 Å². The lowest BCUT2D eigenvalue weighted by molar-refractivity contribution is 0.476. The molecule has 18 heavy (non-hydrogen) atoms. The van der Waals surface area contributed by atoms with Crippen molar-refractivity contribution in [3.05, 3.63) is 49.4 Å². The van der Waals surface area contributed by atoms with E-state index in [9.17, 15) is 5.11 Å². The average Bonchev–Trinajstić information content (AvgIpc) is 2.29. The maximum atomic E-state index is 9.67. The SMILES string of the molecule is Oc1cc(Cl)c(Cl)c(-c2ccc(Cl)cc2Cl)c1Cl. The standard InChI is InChI=1S/C12H5Cl5O/c13-5-1-2-6(7(14)3-5)10-11(16)8(15)4-9(18)12(10)17/h1-4,18H. The first-order valence-corrected chi connectivity index (χ1v) is 6.62. The van der Waals surface area contributed by atoms with Gasteiger partial charge >= 0.3 is 0 Å². The third-order valence-electron chi connectivity index (χ3n) is 2.34. The average molecular weight is 342 g/mol. The molecule has 0 spiro atoms. The van der Waals surface area contributed by atoms with Gasteiger partial charge in [0.25, 0.3) is 0 Å². The number of halogens is 5. The molecule has 0 bridgehead atoms.